The van der Waals surface area contributed by atoms with Gasteiger partial charge in [0, 0.05) is 11.7 Å². The Hall–Kier alpha value is -2.18. The number of nitrogens with zero attached hydrogens (tertiary/aromatic N) is 2. The van der Waals surface area contributed by atoms with Gasteiger partial charge in [0.25, 0.3) is 0 Å². The molecule has 7 heteroatoms. The maximum Gasteiger partial charge on any atom is 0.341 e. The Morgan fingerprint density at radius 3 is 2.52 bits per heavy atom. The third kappa shape index (κ3) is 5.76. The van der Waals surface area contributed by atoms with E-state index in [0.29, 0.717) is 23.8 Å². The van der Waals surface area contributed by atoms with E-state index >= 15 is 0 Å². The monoisotopic (exact) mass is 294 g/mol. The molecule has 2 N–H and O–H groups in total. The second-order valence-electron chi connectivity index (χ2n) is 5.56. The molecule has 1 aromatic rings. The first-order valence-corrected chi connectivity index (χ1v) is 6.78. The third-order valence-electron chi connectivity index (χ3n) is 2.40. The number of nitrogens with one attached hydrogen (secondary N) is 2. The highest BCUT2D eigenvalue weighted by molar-refractivity contribution is 5.90. The summed E-state index contributed by atoms with van der Waals surface area (Å²) < 4.78 is 4.90. The van der Waals surface area contributed by atoms with Crippen molar-refractivity contribution >= 4 is 17.8 Å². The molecule has 0 atom stereocenters. The van der Waals surface area contributed by atoms with E-state index in [-0.39, 0.29) is 18.0 Å². The summed E-state index contributed by atoms with van der Waals surface area (Å²) in [6.07, 6.45) is 1.39. The van der Waals surface area contributed by atoms with Crippen molar-refractivity contribution in [2.24, 2.45) is 0 Å². The largest absolute Gasteiger partial charge is 0.462 e. The summed E-state index contributed by atoms with van der Waals surface area (Å²) in [6, 6.07) is 0. The van der Waals surface area contributed by atoms with Crippen LogP contribution in [-0.4, -0.2) is 40.5 Å². The Labute approximate surface area is 124 Å². The van der Waals surface area contributed by atoms with Crippen LogP contribution in [0.25, 0.3) is 0 Å². The molecule has 1 amide bonds. The molecule has 21 heavy (non-hydrogen) atoms. The molecule has 1 rings (SSSR count). The molecule has 0 aliphatic carbocycles. The Morgan fingerprint density at radius 1 is 1.33 bits per heavy atom. The van der Waals surface area contributed by atoms with Gasteiger partial charge in [-0.3, -0.25) is 4.79 Å². The lowest BCUT2D eigenvalue weighted by atomic mass is 10.1. The van der Waals surface area contributed by atoms with E-state index < -0.39 is 5.97 Å². The second kappa shape index (κ2) is 7.01. The molecular formula is C14H22N4O3. The molecule has 0 unspecified atom stereocenters. The van der Waals surface area contributed by atoms with Crippen molar-refractivity contribution < 1.29 is 14.3 Å². The molecule has 0 aliphatic rings. The molecule has 1 aromatic heterocycles. The first kappa shape index (κ1) is 16.9. The van der Waals surface area contributed by atoms with Gasteiger partial charge in [-0.2, -0.15) is 0 Å². The minimum absolute atomic E-state index is 0.0649. The number of hydrogen-bond donors (Lipinski definition) is 2. The average Bonchev–Trinajstić information content (AvgIpc) is 2.34. The molecule has 0 saturated heterocycles. The number of rotatable bonds is 5. The number of aryl methyl sites for hydroxylation is 1. The van der Waals surface area contributed by atoms with Crippen LogP contribution in [0.4, 0.5) is 5.95 Å². The summed E-state index contributed by atoms with van der Waals surface area (Å²) in [6.45, 7) is 9.49. The normalized spacial score (nSPS) is 10.9. The predicted octanol–water partition coefficient (Wildman–Crippen LogP) is 1.29. The van der Waals surface area contributed by atoms with Gasteiger partial charge < -0.3 is 15.4 Å². The number of esters is 1. The molecule has 0 aliphatic heterocycles. The van der Waals surface area contributed by atoms with Gasteiger partial charge in [0.1, 0.15) is 0 Å². The molecule has 116 valence electrons. The van der Waals surface area contributed by atoms with Gasteiger partial charge in [-0.25, -0.2) is 14.8 Å². The van der Waals surface area contributed by atoms with E-state index in [1.54, 1.807) is 13.8 Å². The van der Waals surface area contributed by atoms with Gasteiger partial charge in [0.05, 0.1) is 24.4 Å². The number of aromatic nitrogens is 2. The number of carbonyl (C=O) groups excluding carboxylic acids is 2. The maximum absolute atomic E-state index is 11.7. The second-order valence-corrected chi connectivity index (χ2v) is 5.56. The molecule has 0 radical (unpaired) electrons. The van der Waals surface area contributed by atoms with Crippen LogP contribution >= 0.6 is 0 Å². The highest BCUT2D eigenvalue weighted by atomic mass is 16.5. The van der Waals surface area contributed by atoms with Crippen molar-refractivity contribution in [2.45, 2.75) is 40.2 Å². The maximum atomic E-state index is 11.7. The van der Waals surface area contributed by atoms with E-state index in [0.717, 1.165) is 0 Å². The standard InChI is InChI=1S/C14H22N4O3/c1-6-21-12(20)10-7-15-13(17-9(10)2)16-8-11(19)18-14(3,4)5/h7H,6,8H2,1-5H3,(H,18,19)(H,15,16,17). The van der Waals surface area contributed by atoms with Crippen molar-refractivity contribution in [1.82, 2.24) is 15.3 Å². The molecule has 0 spiro atoms. The van der Waals surface area contributed by atoms with Crippen molar-refractivity contribution in [3.8, 4) is 0 Å². The zero-order chi connectivity index (χ0) is 16.0. The highest BCUT2D eigenvalue weighted by Gasteiger charge is 2.15. The molecule has 0 saturated carbocycles. The molecule has 0 bridgehead atoms. The zero-order valence-corrected chi connectivity index (χ0v) is 13.1. The summed E-state index contributed by atoms with van der Waals surface area (Å²) in [5, 5.41) is 5.64. The zero-order valence-electron chi connectivity index (χ0n) is 13.1. The fraction of sp³-hybridized carbons (Fsp3) is 0.571. The summed E-state index contributed by atoms with van der Waals surface area (Å²) in [7, 11) is 0. The van der Waals surface area contributed by atoms with Crippen LogP contribution in [0, 0.1) is 6.92 Å². The lowest BCUT2D eigenvalue weighted by molar-refractivity contribution is -0.120. The van der Waals surface area contributed by atoms with Gasteiger partial charge in [0.15, 0.2) is 0 Å². The van der Waals surface area contributed by atoms with Gasteiger partial charge in [-0.05, 0) is 34.6 Å². The van der Waals surface area contributed by atoms with E-state index in [9.17, 15) is 9.59 Å². The average molecular weight is 294 g/mol. The Bertz CT molecular complexity index is 523. The number of carbonyl (C=O) groups is 2. The lowest BCUT2D eigenvalue weighted by Crippen LogP contribution is -2.43. The highest BCUT2D eigenvalue weighted by Crippen LogP contribution is 2.08. The van der Waals surface area contributed by atoms with E-state index in [1.165, 1.54) is 6.20 Å². The minimum Gasteiger partial charge on any atom is -0.462 e. The van der Waals surface area contributed by atoms with Gasteiger partial charge in [-0.15, -0.1) is 0 Å². The summed E-state index contributed by atoms with van der Waals surface area (Å²) in [5.74, 6) is -0.310. The van der Waals surface area contributed by atoms with Crippen LogP contribution in [0.1, 0.15) is 43.7 Å². The van der Waals surface area contributed by atoms with Crippen LogP contribution in [0.2, 0.25) is 0 Å². The molecule has 0 fully saturated rings. The molecular weight excluding hydrogens is 272 g/mol. The number of ether oxygens (including phenoxy) is 1. The fourth-order valence-corrected chi connectivity index (χ4v) is 1.58. The van der Waals surface area contributed by atoms with Crippen LogP contribution in [0.5, 0.6) is 0 Å². The van der Waals surface area contributed by atoms with Crippen molar-refractivity contribution in [2.75, 3.05) is 18.5 Å². The topological polar surface area (TPSA) is 93.2 Å². The van der Waals surface area contributed by atoms with Crippen LogP contribution in [-0.2, 0) is 9.53 Å². The lowest BCUT2D eigenvalue weighted by Gasteiger charge is -2.20. The quantitative estimate of drug-likeness (QED) is 0.795. The van der Waals surface area contributed by atoms with Crippen LogP contribution in [0.3, 0.4) is 0 Å². The predicted molar refractivity (Wildman–Crippen MR) is 79.1 cm³/mol. The van der Waals surface area contributed by atoms with Crippen molar-refractivity contribution in [3.63, 3.8) is 0 Å². The number of amides is 1. The molecule has 7 nitrogen and oxygen atoms in total. The van der Waals surface area contributed by atoms with E-state index in [1.807, 2.05) is 20.8 Å². The van der Waals surface area contributed by atoms with E-state index in [4.69, 9.17) is 4.74 Å². The van der Waals surface area contributed by atoms with Gasteiger partial charge >= 0.3 is 5.97 Å². The first-order valence-electron chi connectivity index (χ1n) is 6.78. The minimum atomic E-state index is -0.452. The summed E-state index contributed by atoms with van der Waals surface area (Å²) in [4.78, 5) is 31.4. The smallest absolute Gasteiger partial charge is 0.341 e. The van der Waals surface area contributed by atoms with Gasteiger partial charge in [-0.1, -0.05) is 0 Å². The SMILES string of the molecule is CCOC(=O)c1cnc(NCC(=O)NC(C)(C)C)nc1C. The Morgan fingerprint density at radius 2 is 2.00 bits per heavy atom. The van der Waals surface area contributed by atoms with Gasteiger partial charge in [0.2, 0.25) is 11.9 Å². The Balaban J connectivity index is 2.64. The summed E-state index contributed by atoms with van der Waals surface area (Å²) >= 11 is 0. The van der Waals surface area contributed by atoms with Crippen LogP contribution < -0.4 is 10.6 Å². The van der Waals surface area contributed by atoms with Crippen LogP contribution in [0.15, 0.2) is 6.20 Å². The summed E-state index contributed by atoms with van der Waals surface area (Å²) in [5.41, 5.74) is 0.535. The molecule has 1 heterocycles. The van der Waals surface area contributed by atoms with Crippen molar-refractivity contribution in [1.29, 1.82) is 0 Å². The van der Waals surface area contributed by atoms with Crippen molar-refractivity contribution in [3.05, 3.63) is 17.5 Å². The van der Waals surface area contributed by atoms with E-state index in [2.05, 4.69) is 20.6 Å². The number of anilines is 1. The molecule has 0 aromatic carbocycles. The Kier molecular flexibility index (Phi) is 5.63. The first-order chi connectivity index (χ1) is 9.73. The third-order valence-corrected chi connectivity index (χ3v) is 2.40. The number of hydrogen-bond acceptors (Lipinski definition) is 6. The fourth-order valence-electron chi connectivity index (χ4n) is 1.58.